The number of aromatic nitrogens is 2. The maximum Gasteiger partial charge on any atom is 0.334 e. The van der Waals surface area contributed by atoms with Crippen LogP contribution >= 0.6 is 11.6 Å². The fraction of sp³-hybridized carbons (Fsp3) is 0.0833. The summed E-state index contributed by atoms with van der Waals surface area (Å²) in [6.45, 7) is 0. The zero-order valence-corrected chi connectivity index (χ0v) is 10.5. The number of hydrogen-bond donors (Lipinski definition) is 2. The predicted molar refractivity (Wildman–Crippen MR) is 72.0 cm³/mol. The average Bonchev–Trinajstić information content (AvgIpc) is 2.39. The van der Waals surface area contributed by atoms with Crippen LogP contribution in [0, 0.1) is 0 Å². The minimum atomic E-state index is -0.636. The molecule has 0 saturated heterocycles. The molecule has 2 rings (SSSR count). The second kappa shape index (κ2) is 5.53. The van der Waals surface area contributed by atoms with E-state index in [0.717, 1.165) is 6.07 Å². The largest absolute Gasteiger partial charge is 0.334 e. The molecule has 0 aliphatic rings. The summed E-state index contributed by atoms with van der Waals surface area (Å²) in [6, 6.07) is 9.74. The van der Waals surface area contributed by atoms with Crippen LogP contribution in [0.15, 0.2) is 46.0 Å². The lowest BCUT2D eigenvalue weighted by Crippen LogP contribution is -2.32. The van der Waals surface area contributed by atoms with Crippen molar-refractivity contribution in [3.63, 3.8) is 0 Å². The summed E-state index contributed by atoms with van der Waals surface area (Å²) in [4.78, 5) is 36.6. The number of carbonyl (C=O) groups is 1. The number of H-pyrrole nitrogens is 1. The number of rotatable bonds is 3. The molecule has 0 radical (unpaired) electrons. The van der Waals surface area contributed by atoms with E-state index in [4.69, 9.17) is 11.6 Å². The van der Waals surface area contributed by atoms with E-state index >= 15 is 0 Å². The number of nitrogens with zero attached hydrogens (tertiary/aromatic N) is 1. The molecule has 7 heteroatoms. The molecule has 0 bridgehead atoms. The molecule has 98 valence electrons. The molecule has 2 N–H and O–H groups in total. The molecule has 0 saturated carbocycles. The topological polar surface area (TPSA) is 84.0 Å². The molecule has 19 heavy (non-hydrogen) atoms. The van der Waals surface area contributed by atoms with Crippen LogP contribution in [-0.2, 0) is 4.79 Å². The van der Waals surface area contributed by atoms with Crippen molar-refractivity contribution in [2.24, 2.45) is 0 Å². The summed E-state index contributed by atoms with van der Waals surface area (Å²) >= 11 is 5.39. The number of aromatic amines is 1. The Morgan fingerprint density at radius 1 is 1.26 bits per heavy atom. The van der Waals surface area contributed by atoms with Crippen molar-refractivity contribution in [2.45, 2.75) is 0 Å². The van der Waals surface area contributed by atoms with Crippen molar-refractivity contribution in [3.05, 3.63) is 57.2 Å². The zero-order valence-electron chi connectivity index (χ0n) is 9.72. The van der Waals surface area contributed by atoms with E-state index < -0.39 is 17.2 Å². The number of carbonyl (C=O) groups excluding carboxylic acids is 1. The van der Waals surface area contributed by atoms with Gasteiger partial charge in [-0.25, -0.2) is 9.36 Å². The third kappa shape index (κ3) is 2.92. The summed E-state index contributed by atoms with van der Waals surface area (Å²) in [5.41, 5.74) is -0.709. The van der Waals surface area contributed by atoms with Crippen molar-refractivity contribution in [2.75, 3.05) is 11.2 Å². The summed E-state index contributed by atoms with van der Waals surface area (Å²) in [6.07, 6.45) is 0. The molecule has 1 amide bonds. The second-order valence-corrected chi connectivity index (χ2v) is 3.94. The van der Waals surface area contributed by atoms with Crippen LogP contribution in [0.1, 0.15) is 0 Å². The smallest absolute Gasteiger partial charge is 0.310 e. The van der Waals surface area contributed by atoms with Crippen molar-refractivity contribution in [1.82, 2.24) is 9.55 Å². The van der Waals surface area contributed by atoms with Crippen LogP contribution in [0.25, 0.3) is 5.69 Å². The van der Waals surface area contributed by atoms with Crippen LogP contribution in [0.2, 0.25) is 0 Å². The molecule has 0 unspecified atom stereocenters. The van der Waals surface area contributed by atoms with E-state index in [1.54, 1.807) is 30.3 Å². The molecule has 6 nitrogen and oxygen atoms in total. The third-order valence-corrected chi connectivity index (χ3v) is 2.59. The Morgan fingerprint density at radius 3 is 2.58 bits per heavy atom. The molecule has 1 heterocycles. The third-order valence-electron chi connectivity index (χ3n) is 2.35. The maximum absolute atomic E-state index is 11.9. The van der Waals surface area contributed by atoms with Crippen LogP contribution in [0.4, 0.5) is 5.82 Å². The Hall–Kier alpha value is -2.34. The van der Waals surface area contributed by atoms with Crippen molar-refractivity contribution < 1.29 is 4.79 Å². The molecule has 1 aromatic heterocycles. The Balaban J connectivity index is 2.62. The number of halogens is 1. The minimum Gasteiger partial charge on any atom is -0.310 e. The Labute approximate surface area is 112 Å². The first-order valence-electron chi connectivity index (χ1n) is 5.39. The van der Waals surface area contributed by atoms with Crippen molar-refractivity contribution in [3.8, 4) is 5.69 Å². The van der Waals surface area contributed by atoms with E-state index in [1.807, 2.05) is 0 Å². The summed E-state index contributed by atoms with van der Waals surface area (Å²) in [7, 11) is 0. The van der Waals surface area contributed by atoms with Gasteiger partial charge < -0.3 is 5.32 Å². The number of hydrogen-bond acceptors (Lipinski definition) is 3. The van der Waals surface area contributed by atoms with E-state index in [9.17, 15) is 14.4 Å². The lowest BCUT2D eigenvalue weighted by Gasteiger charge is -2.12. The zero-order chi connectivity index (χ0) is 13.8. The van der Waals surface area contributed by atoms with E-state index in [-0.39, 0.29) is 11.7 Å². The van der Waals surface area contributed by atoms with Gasteiger partial charge in [0.15, 0.2) is 0 Å². The van der Waals surface area contributed by atoms with Crippen molar-refractivity contribution >= 4 is 23.3 Å². The molecular weight excluding hydrogens is 270 g/mol. The number of amides is 1. The summed E-state index contributed by atoms with van der Waals surface area (Å²) < 4.78 is 1.19. The first kappa shape index (κ1) is 13.1. The van der Waals surface area contributed by atoms with Gasteiger partial charge in [0, 0.05) is 6.07 Å². The molecule has 0 spiro atoms. The molecule has 1 aromatic carbocycles. The standard InChI is InChI=1S/C12H10ClN3O3/c13-7-11(18)14-9-6-10(17)15-12(19)16(9)8-4-2-1-3-5-8/h1-6H,7H2,(H,14,18)(H,15,17,19). The van der Waals surface area contributed by atoms with E-state index in [1.165, 1.54) is 4.57 Å². The number of para-hydroxylation sites is 1. The van der Waals surface area contributed by atoms with E-state index in [0.29, 0.717) is 5.69 Å². The van der Waals surface area contributed by atoms with Gasteiger partial charge in [-0.15, -0.1) is 11.6 Å². The molecule has 0 aliphatic carbocycles. The molecule has 0 fully saturated rings. The SMILES string of the molecule is O=C(CCl)Nc1cc(=O)[nH]c(=O)n1-c1ccccc1. The fourth-order valence-electron chi connectivity index (χ4n) is 1.60. The monoisotopic (exact) mass is 279 g/mol. The Morgan fingerprint density at radius 2 is 1.95 bits per heavy atom. The van der Waals surface area contributed by atoms with Gasteiger partial charge in [-0.1, -0.05) is 18.2 Å². The lowest BCUT2D eigenvalue weighted by atomic mass is 10.3. The number of benzene rings is 1. The van der Waals surface area contributed by atoms with Gasteiger partial charge in [-0.05, 0) is 12.1 Å². The Bertz CT molecular complexity index is 706. The van der Waals surface area contributed by atoms with Crippen LogP contribution < -0.4 is 16.6 Å². The van der Waals surface area contributed by atoms with Crippen LogP contribution in [0.5, 0.6) is 0 Å². The first-order chi connectivity index (χ1) is 9.11. The second-order valence-electron chi connectivity index (χ2n) is 3.68. The normalized spacial score (nSPS) is 10.2. The highest BCUT2D eigenvalue weighted by Gasteiger charge is 2.10. The van der Waals surface area contributed by atoms with Gasteiger partial charge in [0.1, 0.15) is 11.7 Å². The van der Waals surface area contributed by atoms with Gasteiger partial charge in [-0.2, -0.15) is 0 Å². The van der Waals surface area contributed by atoms with E-state index in [2.05, 4.69) is 10.3 Å². The molecule has 2 aromatic rings. The highest BCUT2D eigenvalue weighted by molar-refractivity contribution is 6.29. The highest BCUT2D eigenvalue weighted by atomic mass is 35.5. The fourth-order valence-corrected chi connectivity index (χ4v) is 1.66. The van der Waals surface area contributed by atoms with Gasteiger partial charge in [0.25, 0.3) is 5.56 Å². The van der Waals surface area contributed by atoms with Gasteiger partial charge in [0.05, 0.1) is 5.69 Å². The van der Waals surface area contributed by atoms with Crippen molar-refractivity contribution in [1.29, 1.82) is 0 Å². The average molecular weight is 280 g/mol. The summed E-state index contributed by atoms with van der Waals surface area (Å²) in [5, 5.41) is 2.41. The number of anilines is 1. The van der Waals surface area contributed by atoms with Crippen LogP contribution in [-0.4, -0.2) is 21.3 Å². The lowest BCUT2D eigenvalue weighted by molar-refractivity contribution is -0.113. The predicted octanol–water partition coefficient (Wildman–Crippen LogP) is 0.703. The maximum atomic E-state index is 11.9. The van der Waals surface area contributed by atoms with Crippen LogP contribution in [0.3, 0.4) is 0 Å². The molecule has 0 atom stereocenters. The molecular formula is C12H10ClN3O3. The van der Waals surface area contributed by atoms with Gasteiger partial charge in [0.2, 0.25) is 5.91 Å². The summed E-state index contributed by atoms with van der Waals surface area (Å²) in [5.74, 6) is -0.697. The molecule has 0 aliphatic heterocycles. The number of alkyl halides is 1. The minimum absolute atomic E-state index is 0.0746. The highest BCUT2D eigenvalue weighted by Crippen LogP contribution is 2.10. The Kier molecular flexibility index (Phi) is 3.82. The quantitative estimate of drug-likeness (QED) is 0.811. The first-order valence-corrected chi connectivity index (χ1v) is 5.93. The number of nitrogens with one attached hydrogen (secondary N) is 2. The van der Waals surface area contributed by atoms with Gasteiger partial charge >= 0.3 is 5.69 Å². The van der Waals surface area contributed by atoms with Gasteiger partial charge in [-0.3, -0.25) is 14.6 Å².